The van der Waals surface area contributed by atoms with Crippen LogP contribution >= 0.6 is 22.9 Å². The zero-order valence-electron chi connectivity index (χ0n) is 18.2. The molecule has 0 radical (unpaired) electrons. The number of nitrogens with one attached hydrogen (secondary N) is 1. The van der Waals surface area contributed by atoms with E-state index in [0.29, 0.717) is 18.0 Å². The van der Waals surface area contributed by atoms with E-state index in [1.165, 1.54) is 40.8 Å². The quantitative estimate of drug-likeness (QED) is 0.527. The topological polar surface area (TPSA) is 92.8 Å². The van der Waals surface area contributed by atoms with Gasteiger partial charge in [0.05, 0.1) is 15.6 Å². The SMILES string of the molecule is CCc1cc(C(=O)OC(C)C(=O)Nc2cc(S(=O)(=O)N(CC)CC)ccc2Cl)sc1C. The molecule has 1 aromatic carbocycles. The van der Waals surface area contributed by atoms with Crippen LogP contribution in [0.5, 0.6) is 0 Å². The normalized spacial score (nSPS) is 12.6. The van der Waals surface area contributed by atoms with Gasteiger partial charge in [0.2, 0.25) is 10.0 Å². The number of amides is 1. The van der Waals surface area contributed by atoms with E-state index in [1.807, 2.05) is 13.8 Å². The van der Waals surface area contributed by atoms with Crippen LogP contribution in [0.25, 0.3) is 0 Å². The molecule has 0 saturated heterocycles. The molecular formula is C21H27ClN2O5S2. The van der Waals surface area contributed by atoms with E-state index < -0.39 is 28.0 Å². The highest BCUT2D eigenvalue weighted by molar-refractivity contribution is 7.89. The number of nitrogens with zero attached hydrogens (tertiary/aromatic N) is 1. The van der Waals surface area contributed by atoms with E-state index in [1.54, 1.807) is 19.9 Å². The van der Waals surface area contributed by atoms with Gasteiger partial charge in [-0.3, -0.25) is 4.79 Å². The van der Waals surface area contributed by atoms with Crippen LogP contribution in [0.15, 0.2) is 29.2 Å². The summed E-state index contributed by atoms with van der Waals surface area (Å²) in [6, 6.07) is 5.87. The third kappa shape index (κ3) is 5.85. The van der Waals surface area contributed by atoms with Crippen molar-refractivity contribution in [2.45, 2.75) is 52.0 Å². The summed E-state index contributed by atoms with van der Waals surface area (Å²) in [5.74, 6) is -1.20. The number of esters is 1. The Morgan fingerprint density at radius 3 is 2.39 bits per heavy atom. The zero-order chi connectivity index (χ0) is 23.3. The molecule has 1 aromatic heterocycles. The van der Waals surface area contributed by atoms with E-state index in [0.717, 1.165) is 16.9 Å². The summed E-state index contributed by atoms with van der Waals surface area (Å²) < 4.78 is 32.1. The van der Waals surface area contributed by atoms with Crippen molar-refractivity contribution in [2.75, 3.05) is 18.4 Å². The minimum atomic E-state index is -3.72. The van der Waals surface area contributed by atoms with Gasteiger partial charge in [0.15, 0.2) is 6.10 Å². The Balaban J connectivity index is 2.16. The Morgan fingerprint density at radius 1 is 1.19 bits per heavy atom. The minimum absolute atomic E-state index is 0.0155. The standard InChI is InChI=1S/C21H27ClN2O5S2/c1-6-15-11-19(30-14(15)5)21(26)29-13(4)20(25)23-18-12-16(9-10-17(18)22)31(27,28)24(7-2)8-3/h9-13H,6-8H2,1-5H3,(H,23,25). The smallest absolute Gasteiger partial charge is 0.349 e. The fraction of sp³-hybridized carbons (Fsp3) is 0.429. The monoisotopic (exact) mass is 486 g/mol. The summed E-state index contributed by atoms with van der Waals surface area (Å²) in [5, 5.41) is 2.73. The summed E-state index contributed by atoms with van der Waals surface area (Å²) in [5.41, 5.74) is 1.19. The van der Waals surface area contributed by atoms with Crippen molar-refractivity contribution in [3.63, 3.8) is 0 Å². The molecule has 0 aliphatic rings. The van der Waals surface area contributed by atoms with Crippen molar-refractivity contribution in [2.24, 2.45) is 0 Å². The molecule has 0 bridgehead atoms. The first-order valence-electron chi connectivity index (χ1n) is 9.95. The number of benzene rings is 1. The molecule has 10 heteroatoms. The Kier molecular flexibility index (Phi) is 8.65. The van der Waals surface area contributed by atoms with Crippen molar-refractivity contribution < 1.29 is 22.7 Å². The van der Waals surface area contributed by atoms with Crippen LogP contribution in [-0.2, 0) is 26.0 Å². The number of sulfonamides is 1. The second kappa shape index (κ2) is 10.6. The summed E-state index contributed by atoms with van der Waals surface area (Å²) in [6.45, 7) is 9.49. The predicted molar refractivity (Wildman–Crippen MR) is 124 cm³/mol. The fourth-order valence-corrected chi connectivity index (χ4v) is 5.60. The lowest BCUT2D eigenvalue weighted by atomic mass is 10.2. The highest BCUT2D eigenvalue weighted by atomic mass is 35.5. The summed E-state index contributed by atoms with van der Waals surface area (Å²) in [7, 11) is -3.72. The lowest BCUT2D eigenvalue weighted by Crippen LogP contribution is -2.31. The maximum Gasteiger partial charge on any atom is 0.349 e. The Labute approximate surface area is 192 Å². The number of hydrogen-bond donors (Lipinski definition) is 1. The highest BCUT2D eigenvalue weighted by Crippen LogP contribution is 2.28. The predicted octanol–water partition coefficient (Wildman–Crippen LogP) is 4.49. The molecular weight excluding hydrogens is 460 g/mol. The largest absolute Gasteiger partial charge is 0.448 e. The maximum absolute atomic E-state index is 12.7. The molecule has 1 heterocycles. The molecule has 1 atom stereocenters. The van der Waals surface area contributed by atoms with Crippen molar-refractivity contribution in [3.05, 3.63) is 44.6 Å². The number of ether oxygens (including phenoxy) is 1. The minimum Gasteiger partial charge on any atom is -0.448 e. The molecule has 0 spiro atoms. The first kappa shape index (κ1) is 25.3. The van der Waals surface area contributed by atoms with Crippen LogP contribution in [0.4, 0.5) is 5.69 Å². The fourth-order valence-electron chi connectivity index (χ4n) is 2.95. The molecule has 1 amide bonds. The Morgan fingerprint density at radius 2 is 1.84 bits per heavy atom. The van der Waals surface area contributed by atoms with Crippen LogP contribution in [-0.4, -0.2) is 43.8 Å². The van der Waals surface area contributed by atoms with E-state index in [2.05, 4.69) is 5.32 Å². The Hall–Kier alpha value is -1.94. The maximum atomic E-state index is 12.7. The van der Waals surface area contributed by atoms with Gasteiger partial charge in [-0.25, -0.2) is 13.2 Å². The highest BCUT2D eigenvalue weighted by Gasteiger charge is 2.25. The van der Waals surface area contributed by atoms with Gasteiger partial charge in [-0.2, -0.15) is 4.31 Å². The van der Waals surface area contributed by atoms with Crippen molar-refractivity contribution >= 4 is 50.5 Å². The van der Waals surface area contributed by atoms with Gasteiger partial charge in [-0.1, -0.05) is 32.4 Å². The van der Waals surface area contributed by atoms with Gasteiger partial charge in [0.25, 0.3) is 5.91 Å². The van der Waals surface area contributed by atoms with Crippen LogP contribution in [0.3, 0.4) is 0 Å². The number of rotatable bonds is 9. The van der Waals surface area contributed by atoms with Gasteiger partial charge < -0.3 is 10.1 Å². The summed E-state index contributed by atoms with van der Waals surface area (Å²) in [6.07, 6.45) is -0.296. The van der Waals surface area contributed by atoms with Gasteiger partial charge >= 0.3 is 5.97 Å². The molecule has 1 N–H and O–H groups in total. The molecule has 7 nitrogen and oxygen atoms in total. The van der Waals surface area contributed by atoms with Gasteiger partial charge in [0.1, 0.15) is 4.88 Å². The van der Waals surface area contributed by atoms with Crippen molar-refractivity contribution in [1.82, 2.24) is 4.31 Å². The molecule has 2 rings (SSSR count). The molecule has 1 unspecified atom stereocenters. The summed E-state index contributed by atoms with van der Waals surface area (Å²) in [4.78, 5) is 26.4. The van der Waals surface area contributed by atoms with Gasteiger partial charge in [0, 0.05) is 18.0 Å². The number of anilines is 1. The molecule has 0 saturated carbocycles. The van der Waals surface area contributed by atoms with Gasteiger partial charge in [-0.15, -0.1) is 11.3 Å². The lowest BCUT2D eigenvalue weighted by Gasteiger charge is -2.19. The van der Waals surface area contributed by atoms with E-state index >= 15 is 0 Å². The lowest BCUT2D eigenvalue weighted by molar-refractivity contribution is -0.123. The molecule has 2 aromatic rings. The third-order valence-electron chi connectivity index (χ3n) is 4.79. The molecule has 0 fully saturated rings. The van der Waals surface area contributed by atoms with Crippen molar-refractivity contribution in [3.8, 4) is 0 Å². The second-order valence-electron chi connectivity index (χ2n) is 6.81. The zero-order valence-corrected chi connectivity index (χ0v) is 20.6. The Bertz CT molecular complexity index is 1060. The number of halogens is 1. The molecule has 0 aliphatic carbocycles. The van der Waals surface area contributed by atoms with E-state index in [9.17, 15) is 18.0 Å². The van der Waals surface area contributed by atoms with E-state index in [4.69, 9.17) is 16.3 Å². The van der Waals surface area contributed by atoms with E-state index in [-0.39, 0.29) is 15.6 Å². The number of hydrogen-bond acceptors (Lipinski definition) is 6. The number of carbonyl (C=O) groups is 2. The molecule has 31 heavy (non-hydrogen) atoms. The number of aryl methyl sites for hydroxylation is 2. The van der Waals surface area contributed by atoms with Crippen molar-refractivity contribution in [1.29, 1.82) is 0 Å². The van der Waals surface area contributed by atoms with Crippen LogP contribution in [0.2, 0.25) is 5.02 Å². The third-order valence-corrected chi connectivity index (χ3v) is 8.24. The number of thiophene rings is 1. The number of carbonyl (C=O) groups excluding carboxylic acids is 2. The van der Waals surface area contributed by atoms with Crippen LogP contribution in [0, 0.1) is 6.92 Å². The molecule has 170 valence electrons. The van der Waals surface area contributed by atoms with Crippen LogP contribution in [0.1, 0.15) is 47.8 Å². The summed E-state index contributed by atoms with van der Waals surface area (Å²) >= 11 is 7.47. The molecule has 0 aliphatic heterocycles. The van der Waals surface area contributed by atoms with Gasteiger partial charge in [-0.05, 0) is 50.1 Å². The van der Waals surface area contributed by atoms with Crippen LogP contribution < -0.4 is 5.32 Å². The average molecular weight is 487 g/mol. The average Bonchev–Trinajstić information content (AvgIpc) is 3.10. The second-order valence-corrected chi connectivity index (χ2v) is 10.4. The first-order valence-corrected chi connectivity index (χ1v) is 12.6. The first-order chi connectivity index (χ1) is 14.5.